The zero-order valence-electron chi connectivity index (χ0n) is 14.0. The molecule has 1 N–H and O–H groups in total. The van der Waals surface area contributed by atoms with Crippen molar-refractivity contribution in [3.63, 3.8) is 0 Å². The van der Waals surface area contributed by atoms with Crippen molar-refractivity contribution in [3.8, 4) is 11.6 Å². The number of hydrogen-bond acceptors (Lipinski definition) is 2. The first-order valence-corrected chi connectivity index (χ1v) is 8.49. The minimum absolute atomic E-state index is 0.0312. The summed E-state index contributed by atoms with van der Waals surface area (Å²) in [5, 5.41) is 12.3. The number of hydrogen-bond donors (Lipinski definition) is 1. The maximum absolute atomic E-state index is 12.2. The number of benzene rings is 2. The fraction of sp³-hybridized carbons (Fsp3) is 0.263. The molecule has 0 saturated carbocycles. The van der Waals surface area contributed by atoms with Crippen LogP contribution in [0.5, 0.6) is 11.6 Å². The van der Waals surface area contributed by atoms with E-state index < -0.39 is 6.36 Å². The first kappa shape index (κ1) is 18.5. The Hall–Kier alpha value is -2.34. The zero-order chi connectivity index (χ0) is 18.9. The molecule has 2 aromatic carbocycles. The normalized spacial score (nSPS) is 11.9. The molecular weight excluding hydrogens is 367 g/mol. The van der Waals surface area contributed by atoms with E-state index in [1.165, 1.54) is 24.3 Å². The standard InChI is InChI=1S/C19H17ClF3NO2/c1-2-3-13-8-14-11-24(18(25)17(14)16(20)9-13)10-12-4-6-15(7-5-12)26-19(21,22)23/h4-9,11,25H,2-3,10H2,1H3. The molecule has 0 amide bonds. The molecule has 0 atom stereocenters. The molecule has 0 aliphatic carbocycles. The van der Waals surface area contributed by atoms with Crippen molar-refractivity contribution in [1.29, 1.82) is 0 Å². The maximum Gasteiger partial charge on any atom is 0.573 e. The Kier molecular flexibility index (Phi) is 5.05. The Morgan fingerprint density at radius 2 is 1.81 bits per heavy atom. The average Bonchev–Trinajstić information content (AvgIpc) is 2.84. The summed E-state index contributed by atoms with van der Waals surface area (Å²) < 4.78 is 42.1. The molecule has 0 bridgehead atoms. The minimum atomic E-state index is -4.72. The molecule has 26 heavy (non-hydrogen) atoms. The number of halogens is 4. The van der Waals surface area contributed by atoms with E-state index in [2.05, 4.69) is 11.7 Å². The van der Waals surface area contributed by atoms with Crippen LogP contribution in [0, 0.1) is 0 Å². The molecule has 1 aromatic heterocycles. The van der Waals surface area contributed by atoms with E-state index in [4.69, 9.17) is 11.6 Å². The third-order valence-corrected chi connectivity index (χ3v) is 4.32. The molecule has 7 heteroatoms. The van der Waals surface area contributed by atoms with Crippen molar-refractivity contribution in [2.24, 2.45) is 0 Å². The molecule has 1 heterocycles. The highest BCUT2D eigenvalue weighted by Gasteiger charge is 2.30. The molecule has 0 spiro atoms. The van der Waals surface area contributed by atoms with Gasteiger partial charge in [0.15, 0.2) is 0 Å². The monoisotopic (exact) mass is 383 g/mol. The highest BCUT2D eigenvalue weighted by Crippen LogP contribution is 2.35. The van der Waals surface area contributed by atoms with Crippen molar-refractivity contribution in [1.82, 2.24) is 4.57 Å². The molecule has 0 aliphatic heterocycles. The summed E-state index contributed by atoms with van der Waals surface area (Å²) in [6.45, 7) is 2.37. The number of alkyl halides is 3. The largest absolute Gasteiger partial charge is 0.573 e. The summed E-state index contributed by atoms with van der Waals surface area (Å²) in [5.74, 6) is -0.251. The Morgan fingerprint density at radius 1 is 1.12 bits per heavy atom. The van der Waals surface area contributed by atoms with E-state index in [-0.39, 0.29) is 11.6 Å². The van der Waals surface area contributed by atoms with E-state index in [1.54, 1.807) is 10.8 Å². The van der Waals surface area contributed by atoms with Crippen LogP contribution in [0.1, 0.15) is 24.5 Å². The third-order valence-electron chi connectivity index (χ3n) is 4.02. The zero-order valence-corrected chi connectivity index (χ0v) is 14.7. The number of aromatic nitrogens is 1. The van der Waals surface area contributed by atoms with E-state index in [1.807, 2.05) is 12.1 Å². The number of rotatable bonds is 5. The molecular formula is C19H17ClF3NO2. The number of nitrogens with zero attached hydrogens (tertiary/aromatic N) is 1. The smallest absolute Gasteiger partial charge is 0.494 e. The van der Waals surface area contributed by atoms with Gasteiger partial charge in [0.25, 0.3) is 0 Å². The third kappa shape index (κ3) is 4.07. The Morgan fingerprint density at radius 3 is 2.42 bits per heavy atom. The van der Waals surface area contributed by atoms with E-state index >= 15 is 0 Å². The summed E-state index contributed by atoms with van der Waals surface area (Å²) in [4.78, 5) is 0. The lowest BCUT2D eigenvalue weighted by molar-refractivity contribution is -0.274. The lowest BCUT2D eigenvalue weighted by atomic mass is 10.1. The van der Waals surface area contributed by atoms with E-state index in [0.29, 0.717) is 17.0 Å². The van der Waals surface area contributed by atoms with Crippen LogP contribution in [-0.4, -0.2) is 16.0 Å². The summed E-state index contributed by atoms with van der Waals surface area (Å²) in [6, 6.07) is 9.37. The Bertz CT molecular complexity index is 917. The lowest BCUT2D eigenvalue weighted by Gasteiger charge is -2.10. The van der Waals surface area contributed by atoms with Gasteiger partial charge in [0.2, 0.25) is 5.88 Å². The van der Waals surface area contributed by atoms with Gasteiger partial charge in [0, 0.05) is 11.6 Å². The SMILES string of the molecule is CCCc1cc(Cl)c2c(O)n(Cc3ccc(OC(F)(F)F)cc3)cc2c1. The van der Waals surface area contributed by atoms with Crippen molar-refractivity contribution in [2.45, 2.75) is 32.7 Å². The molecule has 0 fully saturated rings. The molecule has 0 saturated heterocycles. The van der Waals surface area contributed by atoms with Crippen LogP contribution in [0.2, 0.25) is 5.02 Å². The van der Waals surface area contributed by atoms with Crippen LogP contribution < -0.4 is 4.74 Å². The second-order valence-electron chi connectivity index (χ2n) is 6.06. The van der Waals surface area contributed by atoms with Gasteiger partial charge in [-0.25, -0.2) is 0 Å². The van der Waals surface area contributed by atoms with Gasteiger partial charge in [0.1, 0.15) is 5.75 Å². The number of aryl methyl sites for hydroxylation is 1. The topological polar surface area (TPSA) is 34.4 Å². The first-order valence-electron chi connectivity index (χ1n) is 8.11. The van der Waals surface area contributed by atoms with Crippen LogP contribution in [0.25, 0.3) is 10.8 Å². The highest BCUT2D eigenvalue weighted by atomic mass is 35.5. The fourth-order valence-electron chi connectivity index (χ4n) is 2.94. The highest BCUT2D eigenvalue weighted by molar-refractivity contribution is 6.36. The molecule has 3 rings (SSSR count). The lowest BCUT2D eigenvalue weighted by Crippen LogP contribution is -2.17. The number of fused-ring (bicyclic) bond motifs is 1. The number of ether oxygens (including phenoxy) is 1. The summed E-state index contributed by atoms with van der Waals surface area (Å²) in [6.07, 6.45) is -1.05. The van der Waals surface area contributed by atoms with Gasteiger partial charge in [0.05, 0.1) is 17.0 Å². The van der Waals surface area contributed by atoms with Crippen molar-refractivity contribution >= 4 is 22.4 Å². The quantitative estimate of drug-likeness (QED) is 0.595. The van der Waals surface area contributed by atoms with Gasteiger partial charge in [-0.15, -0.1) is 13.2 Å². The molecule has 3 nitrogen and oxygen atoms in total. The molecule has 0 unspecified atom stereocenters. The van der Waals surface area contributed by atoms with Gasteiger partial charge < -0.3 is 14.4 Å². The van der Waals surface area contributed by atoms with E-state index in [9.17, 15) is 18.3 Å². The molecule has 138 valence electrons. The van der Waals surface area contributed by atoms with Gasteiger partial charge in [-0.1, -0.05) is 37.1 Å². The second-order valence-corrected chi connectivity index (χ2v) is 6.47. The maximum atomic E-state index is 12.2. The molecule has 0 radical (unpaired) electrons. The molecule has 3 aromatic rings. The second kappa shape index (κ2) is 7.11. The number of aromatic hydroxyl groups is 1. The van der Waals surface area contributed by atoms with Crippen molar-refractivity contribution in [3.05, 3.63) is 58.7 Å². The fourth-order valence-corrected chi connectivity index (χ4v) is 3.28. The van der Waals surface area contributed by atoms with Gasteiger partial charge in [-0.2, -0.15) is 0 Å². The van der Waals surface area contributed by atoms with Crippen LogP contribution >= 0.6 is 11.6 Å². The Balaban J connectivity index is 1.87. The van der Waals surface area contributed by atoms with Gasteiger partial charge in [-0.05, 0) is 41.8 Å². The van der Waals surface area contributed by atoms with Crippen LogP contribution in [-0.2, 0) is 13.0 Å². The summed E-state index contributed by atoms with van der Waals surface area (Å²) in [7, 11) is 0. The predicted octanol–water partition coefficient (Wildman–Crippen LogP) is 5.90. The first-order chi connectivity index (χ1) is 12.3. The van der Waals surface area contributed by atoms with Crippen LogP contribution in [0.15, 0.2) is 42.6 Å². The van der Waals surface area contributed by atoms with Crippen molar-refractivity contribution in [2.75, 3.05) is 0 Å². The van der Waals surface area contributed by atoms with Gasteiger partial charge in [-0.3, -0.25) is 0 Å². The average molecular weight is 384 g/mol. The Labute approximate surface area is 153 Å². The summed E-state index contributed by atoms with van der Waals surface area (Å²) >= 11 is 6.31. The molecule has 0 aliphatic rings. The summed E-state index contributed by atoms with van der Waals surface area (Å²) in [5.41, 5.74) is 1.82. The minimum Gasteiger partial charge on any atom is -0.494 e. The van der Waals surface area contributed by atoms with Gasteiger partial charge >= 0.3 is 6.36 Å². The predicted molar refractivity (Wildman–Crippen MR) is 94.8 cm³/mol. The van der Waals surface area contributed by atoms with Crippen LogP contribution in [0.3, 0.4) is 0 Å². The van der Waals surface area contributed by atoms with Crippen LogP contribution in [0.4, 0.5) is 13.2 Å². The van der Waals surface area contributed by atoms with E-state index in [0.717, 1.165) is 29.4 Å². The van der Waals surface area contributed by atoms with Crippen molar-refractivity contribution < 1.29 is 23.0 Å².